The molecule has 0 unspecified atom stereocenters. The Hall–Kier alpha value is -2.10. The Morgan fingerprint density at radius 1 is 1.29 bits per heavy atom. The molecular formula is C13H14N4. The molecule has 0 amide bonds. The highest BCUT2D eigenvalue weighted by atomic mass is 15.1. The minimum absolute atomic E-state index is 0.488. The lowest BCUT2D eigenvalue weighted by Crippen LogP contribution is -2.05. The molecule has 0 saturated heterocycles. The van der Waals surface area contributed by atoms with Gasteiger partial charge in [0.15, 0.2) is 0 Å². The SMILES string of the molecule is Nc1cc(-c2cncn2C2CC=CC2)ccn1. The molecule has 0 aromatic carbocycles. The number of hydrogen-bond acceptors (Lipinski definition) is 3. The number of imidazole rings is 1. The lowest BCUT2D eigenvalue weighted by atomic mass is 10.1. The lowest BCUT2D eigenvalue weighted by molar-refractivity contribution is 0.540. The summed E-state index contributed by atoms with van der Waals surface area (Å²) in [4.78, 5) is 8.26. The van der Waals surface area contributed by atoms with Crippen molar-refractivity contribution in [3.63, 3.8) is 0 Å². The second-order valence-electron chi connectivity index (χ2n) is 4.25. The molecule has 2 aromatic heterocycles. The number of nitrogen functional groups attached to an aromatic ring is 1. The number of rotatable bonds is 2. The number of anilines is 1. The highest BCUT2D eigenvalue weighted by molar-refractivity contribution is 5.61. The molecule has 0 radical (unpaired) electrons. The first-order valence-corrected chi connectivity index (χ1v) is 5.73. The Morgan fingerprint density at radius 2 is 2.12 bits per heavy atom. The number of pyridine rings is 1. The van der Waals surface area contributed by atoms with Crippen LogP contribution in [0.3, 0.4) is 0 Å². The number of allylic oxidation sites excluding steroid dienone is 2. The molecular weight excluding hydrogens is 212 g/mol. The molecule has 1 aliphatic carbocycles. The summed E-state index contributed by atoms with van der Waals surface area (Å²) in [6.45, 7) is 0. The molecule has 0 fully saturated rings. The van der Waals surface area contributed by atoms with Crippen LogP contribution in [0, 0.1) is 0 Å². The van der Waals surface area contributed by atoms with E-state index in [0.717, 1.165) is 24.1 Å². The summed E-state index contributed by atoms with van der Waals surface area (Å²) in [6, 6.07) is 4.34. The van der Waals surface area contributed by atoms with E-state index < -0.39 is 0 Å². The number of hydrogen-bond donors (Lipinski definition) is 1. The van der Waals surface area contributed by atoms with Gasteiger partial charge in [-0.25, -0.2) is 9.97 Å². The molecule has 86 valence electrons. The van der Waals surface area contributed by atoms with Gasteiger partial charge in [0, 0.05) is 17.8 Å². The predicted octanol–water partition coefficient (Wildman–Crippen LogP) is 2.42. The summed E-state index contributed by atoms with van der Waals surface area (Å²) in [5.74, 6) is 0.541. The van der Waals surface area contributed by atoms with Gasteiger partial charge in [0.25, 0.3) is 0 Å². The van der Waals surface area contributed by atoms with E-state index in [9.17, 15) is 0 Å². The van der Waals surface area contributed by atoms with Crippen LogP contribution in [0.25, 0.3) is 11.3 Å². The van der Waals surface area contributed by atoms with Crippen molar-refractivity contribution in [3.8, 4) is 11.3 Å². The molecule has 2 N–H and O–H groups in total. The average molecular weight is 226 g/mol. The van der Waals surface area contributed by atoms with Crippen molar-refractivity contribution in [1.29, 1.82) is 0 Å². The highest BCUT2D eigenvalue weighted by Crippen LogP contribution is 2.29. The average Bonchev–Trinajstić information content (AvgIpc) is 3.00. The van der Waals surface area contributed by atoms with Crippen molar-refractivity contribution in [2.24, 2.45) is 0 Å². The summed E-state index contributed by atoms with van der Waals surface area (Å²) in [5, 5.41) is 0. The molecule has 2 heterocycles. The van der Waals surface area contributed by atoms with E-state index in [1.807, 2.05) is 24.7 Å². The third-order valence-corrected chi connectivity index (χ3v) is 3.12. The van der Waals surface area contributed by atoms with E-state index >= 15 is 0 Å². The molecule has 17 heavy (non-hydrogen) atoms. The van der Waals surface area contributed by atoms with Gasteiger partial charge in [-0.05, 0) is 25.0 Å². The standard InChI is InChI=1S/C13H14N4/c14-13-7-10(5-6-16-13)12-8-15-9-17(12)11-3-1-2-4-11/h1-2,5-9,11H,3-4H2,(H2,14,16). The lowest BCUT2D eigenvalue weighted by Gasteiger charge is -2.15. The van der Waals surface area contributed by atoms with Gasteiger partial charge >= 0.3 is 0 Å². The zero-order chi connectivity index (χ0) is 11.7. The first-order valence-electron chi connectivity index (χ1n) is 5.73. The Kier molecular flexibility index (Phi) is 2.40. The van der Waals surface area contributed by atoms with Gasteiger partial charge in [-0.3, -0.25) is 0 Å². The normalized spacial score (nSPS) is 15.5. The van der Waals surface area contributed by atoms with Crippen LogP contribution in [0.5, 0.6) is 0 Å². The van der Waals surface area contributed by atoms with Crippen LogP contribution < -0.4 is 5.73 Å². The fourth-order valence-electron chi connectivity index (χ4n) is 2.26. The molecule has 2 aromatic rings. The maximum Gasteiger partial charge on any atom is 0.123 e. The van der Waals surface area contributed by atoms with Crippen LogP contribution in [0.2, 0.25) is 0 Å². The molecule has 0 aliphatic heterocycles. The van der Waals surface area contributed by atoms with Crippen LogP contribution in [0.15, 0.2) is 43.0 Å². The third kappa shape index (κ3) is 1.82. The van der Waals surface area contributed by atoms with E-state index in [4.69, 9.17) is 5.73 Å². The van der Waals surface area contributed by atoms with Crippen molar-refractivity contribution < 1.29 is 0 Å². The van der Waals surface area contributed by atoms with Gasteiger partial charge in [0.05, 0.1) is 18.2 Å². The minimum Gasteiger partial charge on any atom is -0.384 e. The minimum atomic E-state index is 0.488. The van der Waals surface area contributed by atoms with Crippen LogP contribution in [-0.4, -0.2) is 14.5 Å². The smallest absolute Gasteiger partial charge is 0.123 e. The van der Waals surface area contributed by atoms with Gasteiger partial charge in [0.1, 0.15) is 5.82 Å². The fourth-order valence-corrected chi connectivity index (χ4v) is 2.26. The maximum atomic E-state index is 5.72. The van der Waals surface area contributed by atoms with Crippen molar-refractivity contribution >= 4 is 5.82 Å². The topological polar surface area (TPSA) is 56.7 Å². The molecule has 3 rings (SSSR count). The number of nitrogens with two attached hydrogens (primary N) is 1. The first kappa shape index (κ1) is 10.1. The van der Waals surface area contributed by atoms with Crippen LogP contribution in [-0.2, 0) is 0 Å². The van der Waals surface area contributed by atoms with Crippen molar-refractivity contribution in [2.45, 2.75) is 18.9 Å². The Bertz CT molecular complexity index is 548. The van der Waals surface area contributed by atoms with E-state index in [1.54, 1.807) is 6.20 Å². The maximum absolute atomic E-state index is 5.72. The second kappa shape index (κ2) is 4.05. The predicted molar refractivity (Wildman–Crippen MR) is 67.3 cm³/mol. The van der Waals surface area contributed by atoms with E-state index in [1.165, 1.54) is 0 Å². The van der Waals surface area contributed by atoms with Gasteiger partial charge in [-0.15, -0.1) is 0 Å². The largest absolute Gasteiger partial charge is 0.384 e. The molecule has 4 nitrogen and oxygen atoms in total. The van der Waals surface area contributed by atoms with Crippen molar-refractivity contribution in [3.05, 3.63) is 43.0 Å². The Balaban J connectivity index is 2.01. The molecule has 1 aliphatic rings. The quantitative estimate of drug-likeness (QED) is 0.800. The monoisotopic (exact) mass is 226 g/mol. The van der Waals surface area contributed by atoms with Crippen molar-refractivity contribution in [1.82, 2.24) is 14.5 Å². The molecule has 0 atom stereocenters. The van der Waals surface area contributed by atoms with Gasteiger partial charge in [0.2, 0.25) is 0 Å². The fraction of sp³-hybridized carbons (Fsp3) is 0.231. The van der Waals surface area contributed by atoms with Gasteiger partial charge < -0.3 is 10.3 Å². The molecule has 0 spiro atoms. The summed E-state index contributed by atoms with van der Waals surface area (Å²) in [7, 11) is 0. The summed E-state index contributed by atoms with van der Waals surface area (Å²) < 4.78 is 2.22. The summed E-state index contributed by atoms with van der Waals surface area (Å²) >= 11 is 0. The molecule has 4 heteroatoms. The Morgan fingerprint density at radius 3 is 2.88 bits per heavy atom. The number of nitrogens with zero attached hydrogens (tertiary/aromatic N) is 3. The third-order valence-electron chi connectivity index (χ3n) is 3.12. The van der Waals surface area contributed by atoms with E-state index in [0.29, 0.717) is 11.9 Å². The first-order chi connectivity index (χ1) is 8.34. The Labute approximate surface area is 99.8 Å². The second-order valence-corrected chi connectivity index (χ2v) is 4.25. The summed E-state index contributed by atoms with van der Waals surface area (Å²) in [5.41, 5.74) is 7.89. The summed E-state index contributed by atoms with van der Waals surface area (Å²) in [6.07, 6.45) is 12.1. The highest BCUT2D eigenvalue weighted by Gasteiger charge is 2.16. The zero-order valence-electron chi connectivity index (χ0n) is 9.45. The van der Waals surface area contributed by atoms with E-state index in [-0.39, 0.29) is 0 Å². The van der Waals surface area contributed by atoms with Crippen LogP contribution in [0.4, 0.5) is 5.82 Å². The zero-order valence-corrected chi connectivity index (χ0v) is 9.45. The number of aromatic nitrogens is 3. The molecule has 0 saturated carbocycles. The van der Waals surface area contributed by atoms with Crippen LogP contribution >= 0.6 is 0 Å². The molecule has 0 bridgehead atoms. The van der Waals surface area contributed by atoms with E-state index in [2.05, 4.69) is 26.7 Å². The van der Waals surface area contributed by atoms with Crippen molar-refractivity contribution in [2.75, 3.05) is 5.73 Å². The van der Waals surface area contributed by atoms with Crippen LogP contribution in [0.1, 0.15) is 18.9 Å². The van der Waals surface area contributed by atoms with Gasteiger partial charge in [-0.2, -0.15) is 0 Å². The van der Waals surface area contributed by atoms with Gasteiger partial charge in [-0.1, -0.05) is 12.2 Å².